The van der Waals surface area contributed by atoms with Crippen LogP contribution in [0.15, 0.2) is 30.3 Å². The molecule has 0 atom stereocenters. The van der Waals surface area contributed by atoms with Crippen molar-refractivity contribution in [3.63, 3.8) is 0 Å². The number of hydrogen-bond acceptors (Lipinski definition) is 1. The van der Waals surface area contributed by atoms with Gasteiger partial charge in [0.2, 0.25) is 0 Å². The maximum atomic E-state index is 13.3. The summed E-state index contributed by atoms with van der Waals surface area (Å²) in [5.41, 5.74) is 0.783. The predicted molar refractivity (Wildman–Crippen MR) is 68.3 cm³/mol. The van der Waals surface area contributed by atoms with E-state index in [2.05, 4.69) is 4.98 Å². The highest BCUT2D eigenvalue weighted by Gasteiger charge is 2.14. The molecule has 1 heterocycles. The number of hydrogen-bond donors (Lipinski definition) is 1. The van der Waals surface area contributed by atoms with E-state index in [0.29, 0.717) is 11.0 Å². The summed E-state index contributed by atoms with van der Waals surface area (Å²) < 4.78 is 54.2. The average molecular weight is 298 g/mol. The molecule has 2 aromatic carbocycles. The first-order chi connectivity index (χ1) is 9.47. The highest BCUT2D eigenvalue weighted by Crippen LogP contribution is 2.23. The number of nitrogens with zero attached hydrogens (tertiary/aromatic N) is 1. The molecular formula is C13H6F4N2S. The number of aromatic nitrogens is 2. The number of fused-ring (bicyclic) bond motifs is 1. The van der Waals surface area contributed by atoms with Gasteiger partial charge in [0.25, 0.3) is 0 Å². The fourth-order valence-electron chi connectivity index (χ4n) is 2.00. The molecule has 0 fully saturated rings. The van der Waals surface area contributed by atoms with Crippen LogP contribution in [0.4, 0.5) is 17.6 Å². The third kappa shape index (κ3) is 1.90. The van der Waals surface area contributed by atoms with Crippen LogP contribution in [0.25, 0.3) is 16.7 Å². The minimum Gasteiger partial charge on any atom is -0.330 e. The molecule has 1 aromatic heterocycles. The van der Waals surface area contributed by atoms with E-state index in [9.17, 15) is 17.6 Å². The van der Waals surface area contributed by atoms with Crippen LogP contribution in [-0.2, 0) is 0 Å². The Hall–Kier alpha value is -2.15. The normalized spacial score (nSPS) is 11.2. The van der Waals surface area contributed by atoms with Crippen molar-refractivity contribution >= 4 is 23.3 Å². The second kappa shape index (κ2) is 4.45. The lowest BCUT2D eigenvalue weighted by Gasteiger charge is -2.06. The summed E-state index contributed by atoms with van der Waals surface area (Å²) in [7, 11) is 0. The van der Waals surface area contributed by atoms with E-state index in [1.807, 2.05) is 0 Å². The van der Waals surface area contributed by atoms with E-state index >= 15 is 0 Å². The highest BCUT2D eigenvalue weighted by atomic mass is 32.1. The van der Waals surface area contributed by atoms with Gasteiger partial charge in [-0.15, -0.1) is 0 Å². The van der Waals surface area contributed by atoms with Crippen LogP contribution in [-0.4, -0.2) is 9.55 Å². The Morgan fingerprint density at radius 2 is 1.60 bits per heavy atom. The average Bonchev–Trinajstić information content (AvgIpc) is 2.70. The Kier molecular flexibility index (Phi) is 2.86. The first kappa shape index (κ1) is 12.9. The Morgan fingerprint density at radius 1 is 0.950 bits per heavy atom. The van der Waals surface area contributed by atoms with Crippen LogP contribution in [0.5, 0.6) is 0 Å². The van der Waals surface area contributed by atoms with E-state index < -0.39 is 23.3 Å². The molecule has 0 amide bonds. The minimum atomic E-state index is -1.56. The maximum absolute atomic E-state index is 13.3. The number of nitrogens with one attached hydrogen (secondary N) is 1. The van der Waals surface area contributed by atoms with Gasteiger partial charge < -0.3 is 4.98 Å². The molecule has 102 valence electrons. The number of aromatic amines is 1. The molecule has 1 N–H and O–H groups in total. The lowest BCUT2D eigenvalue weighted by atomic mass is 10.2. The summed E-state index contributed by atoms with van der Waals surface area (Å²) in [5, 5.41) is 0. The monoisotopic (exact) mass is 298 g/mol. The SMILES string of the molecule is Fc1ccc2[nH]c(=S)n(-c3cc(F)c(F)c(F)c3)c2c1. The van der Waals surface area contributed by atoms with Gasteiger partial charge in [-0.2, -0.15) is 0 Å². The van der Waals surface area contributed by atoms with E-state index in [0.717, 1.165) is 12.1 Å². The molecule has 0 unspecified atom stereocenters. The van der Waals surface area contributed by atoms with Crippen LogP contribution >= 0.6 is 12.2 Å². The molecular weight excluding hydrogens is 292 g/mol. The Balaban J connectivity index is 2.37. The van der Waals surface area contributed by atoms with Crippen molar-refractivity contribution in [1.29, 1.82) is 0 Å². The van der Waals surface area contributed by atoms with Crippen LogP contribution in [0.3, 0.4) is 0 Å². The van der Waals surface area contributed by atoms with Crippen molar-refractivity contribution < 1.29 is 17.6 Å². The molecule has 3 rings (SSSR count). The fourth-order valence-corrected chi connectivity index (χ4v) is 2.32. The van der Waals surface area contributed by atoms with Gasteiger partial charge in [-0.25, -0.2) is 17.6 Å². The number of rotatable bonds is 1. The van der Waals surface area contributed by atoms with Crippen LogP contribution < -0.4 is 0 Å². The Morgan fingerprint density at radius 3 is 2.25 bits per heavy atom. The molecule has 2 nitrogen and oxygen atoms in total. The van der Waals surface area contributed by atoms with E-state index in [1.54, 1.807) is 0 Å². The van der Waals surface area contributed by atoms with Gasteiger partial charge in [-0.05, 0) is 24.4 Å². The number of H-pyrrole nitrogens is 1. The lowest BCUT2D eigenvalue weighted by molar-refractivity contribution is 0.446. The molecule has 3 aromatic rings. The topological polar surface area (TPSA) is 20.7 Å². The number of imidazole rings is 1. The first-order valence-corrected chi connectivity index (χ1v) is 5.93. The molecule has 0 aliphatic heterocycles. The Bertz CT molecular complexity index is 859. The largest absolute Gasteiger partial charge is 0.330 e. The van der Waals surface area contributed by atoms with Crippen molar-refractivity contribution in [2.24, 2.45) is 0 Å². The summed E-state index contributed by atoms with van der Waals surface area (Å²) in [5.74, 6) is -4.77. The van der Waals surface area contributed by atoms with E-state index in [1.165, 1.54) is 22.8 Å². The molecule has 7 heteroatoms. The molecule has 20 heavy (non-hydrogen) atoms. The fraction of sp³-hybridized carbons (Fsp3) is 0. The van der Waals surface area contributed by atoms with Gasteiger partial charge >= 0.3 is 0 Å². The van der Waals surface area contributed by atoms with Gasteiger partial charge in [0.1, 0.15) is 5.82 Å². The van der Waals surface area contributed by atoms with Crippen molar-refractivity contribution in [3.05, 3.63) is 58.4 Å². The van der Waals surface area contributed by atoms with Gasteiger partial charge in [0.15, 0.2) is 22.2 Å². The molecule has 0 radical (unpaired) electrons. The van der Waals surface area contributed by atoms with Crippen LogP contribution in [0.2, 0.25) is 0 Å². The molecule has 0 saturated heterocycles. The second-order valence-electron chi connectivity index (χ2n) is 4.15. The standard InChI is InChI=1S/C13H6F4N2S/c14-6-1-2-10-11(3-6)19(13(20)18-10)7-4-8(15)12(17)9(16)5-7/h1-5H,(H,18,20). The first-order valence-electron chi connectivity index (χ1n) is 5.52. The zero-order chi connectivity index (χ0) is 14.4. The van der Waals surface area contributed by atoms with E-state index in [4.69, 9.17) is 12.2 Å². The van der Waals surface area contributed by atoms with E-state index in [-0.39, 0.29) is 10.5 Å². The maximum Gasteiger partial charge on any atom is 0.194 e. The number of halogens is 4. The minimum absolute atomic E-state index is 0.0248. The molecule has 0 spiro atoms. The second-order valence-corrected chi connectivity index (χ2v) is 4.54. The third-order valence-electron chi connectivity index (χ3n) is 2.87. The summed E-state index contributed by atoms with van der Waals surface area (Å²) in [6.07, 6.45) is 0. The van der Waals surface area contributed by atoms with Gasteiger partial charge in [0, 0.05) is 18.2 Å². The van der Waals surface area contributed by atoms with Crippen LogP contribution in [0.1, 0.15) is 0 Å². The zero-order valence-electron chi connectivity index (χ0n) is 9.75. The lowest BCUT2D eigenvalue weighted by Crippen LogP contribution is -1.99. The Labute approximate surface area is 115 Å². The molecule has 0 aliphatic carbocycles. The molecule has 0 bridgehead atoms. The van der Waals surface area contributed by atoms with Crippen molar-refractivity contribution in [3.8, 4) is 5.69 Å². The molecule has 0 aliphatic rings. The van der Waals surface area contributed by atoms with Gasteiger partial charge in [-0.1, -0.05) is 0 Å². The van der Waals surface area contributed by atoms with Crippen LogP contribution in [0, 0.1) is 28.0 Å². The smallest absolute Gasteiger partial charge is 0.194 e. The third-order valence-corrected chi connectivity index (χ3v) is 3.16. The van der Waals surface area contributed by atoms with Gasteiger partial charge in [-0.3, -0.25) is 4.57 Å². The summed E-state index contributed by atoms with van der Waals surface area (Å²) in [6.45, 7) is 0. The number of benzene rings is 2. The highest BCUT2D eigenvalue weighted by molar-refractivity contribution is 7.71. The van der Waals surface area contributed by atoms with Crippen molar-refractivity contribution in [1.82, 2.24) is 9.55 Å². The summed E-state index contributed by atoms with van der Waals surface area (Å²) >= 11 is 5.04. The quantitative estimate of drug-likeness (QED) is 0.405. The van der Waals surface area contributed by atoms with Crippen molar-refractivity contribution in [2.75, 3.05) is 0 Å². The zero-order valence-corrected chi connectivity index (χ0v) is 10.6. The summed E-state index contributed by atoms with van der Waals surface area (Å²) in [6, 6.07) is 5.44. The van der Waals surface area contributed by atoms with Crippen molar-refractivity contribution in [2.45, 2.75) is 0 Å². The predicted octanol–water partition coefficient (Wildman–Crippen LogP) is 4.24. The molecule has 0 saturated carbocycles. The van der Waals surface area contributed by atoms with Gasteiger partial charge in [0.05, 0.1) is 16.7 Å². The summed E-state index contributed by atoms with van der Waals surface area (Å²) in [4.78, 5) is 2.78.